The molecule has 32 heavy (non-hydrogen) atoms. The van der Waals surface area contributed by atoms with Gasteiger partial charge in [-0.1, -0.05) is 35.9 Å². The Balaban J connectivity index is 1.72. The molecular formula is C22H30N6O4. The third kappa shape index (κ3) is 7.64. The van der Waals surface area contributed by atoms with E-state index in [9.17, 15) is 9.59 Å². The summed E-state index contributed by atoms with van der Waals surface area (Å²) < 4.78 is 10.6. The van der Waals surface area contributed by atoms with Gasteiger partial charge in [-0.25, -0.2) is 10.9 Å². The van der Waals surface area contributed by atoms with Gasteiger partial charge in [0.1, 0.15) is 18.0 Å². The second-order valence-electron chi connectivity index (χ2n) is 6.87. The fourth-order valence-electron chi connectivity index (χ4n) is 2.96. The smallest absolute Gasteiger partial charge is 0.255 e. The number of methoxy groups -OCH3 is 1. The zero-order chi connectivity index (χ0) is 23.2. The lowest BCUT2D eigenvalue weighted by Crippen LogP contribution is -2.37. The highest BCUT2D eigenvalue weighted by Crippen LogP contribution is 2.27. The van der Waals surface area contributed by atoms with Crippen LogP contribution in [0.5, 0.6) is 5.75 Å². The fraction of sp³-hybridized carbons (Fsp3) is 0.364. The van der Waals surface area contributed by atoms with Crippen molar-refractivity contribution in [3.8, 4) is 5.75 Å². The van der Waals surface area contributed by atoms with Gasteiger partial charge in [-0.2, -0.15) is 0 Å². The third-order valence-corrected chi connectivity index (χ3v) is 4.61. The predicted octanol–water partition coefficient (Wildman–Crippen LogP) is 2.87. The highest BCUT2D eigenvalue weighted by atomic mass is 16.5. The zero-order valence-corrected chi connectivity index (χ0v) is 18.2. The summed E-state index contributed by atoms with van der Waals surface area (Å²) in [5, 5.41) is 11.0. The maximum atomic E-state index is 12.4. The van der Waals surface area contributed by atoms with E-state index in [4.69, 9.17) is 21.2 Å². The first-order chi connectivity index (χ1) is 15.6. The summed E-state index contributed by atoms with van der Waals surface area (Å²) in [6.07, 6.45) is 2.40. The van der Waals surface area contributed by atoms with E-state index in [0.717, 1.165) is 17.9 Å². The first-order valence-corrected chi connectivity index (χ1v) is 10.3. The van der Waals surface area contributed by atoms with E-state index in [1.54, 1.807) is 49.6 Å². The van der Waals surface area contributed by atoms with E-state index in [2.05, 4.69) is 15.7 Å². The van der Waals surface area contributed by atoms with Gasteiger partial charge in [-0.15, -0.1) is 5.11 Å². The molecule has 2 amide bonds. The lowest BCUT2D eigenvalue weighted by Gasteiger charge is -2.18. The topological polar surface area (TPSA) is 145 Å². The standard InChI is InChI=1S/C22H30N6O4/c1-31-15-16-32-20-12-7-4-9-17(20)22(30)25-14-8-2-3-13-21(29)28(24)19-11-6-5-10-18(19)26-27-23/h4-7,9-12H,2-3,8,13-16,24H2,1H3,(H2,23,26)(H,25,30). The number of hydrogen-bond acceptors (Lipinski definition) is 7. The van der Waals surface area contributed by atoms with Crippen LogP contribution in [0.15, 0.2) is 58.9 Å². The second-order valence-corrected chi connectivity index (χ2v) is 6.87. The van der Waals surface area contributed by atoms with Gasteiger partial charge in [0, 0.05) is 20.1 Å². The highest BCUT2D eigenvalue weighted by Gasteiger charge is 2.15. The molecule has 10 nitrogen and oxygen atoms in total. The Labute approximate surface area is 187 Å². The van der Waals surface area contributed by atoms with E-state index in [1.807, 2.05) is 6.07 Å². The van der Waals surface area contributed by atoms with Crippen molar-refractivity contribution in [1.29, 1.82) is 0 Å². The van der Waals surface area contributed by atoms with E-state index in [1.165, 1.54) is 0 Å². The van der Waals surface area contributed by atoms with Crippen LogP contribution in [0.1, 0.15) is 36.0 Å². The first kappa shape index (κ1) is 24.8. The number of para-hydroxylation sites is 2. The molecule has 0 unspecified atom stereocenters. The molecule has 0 aromatic heterocycles. The van der Waals surface area contributed by atoms with Gasteiger partial charge in [0.05, 0.1) is 17.9 Å². The van der Waals surface area contributed by atoms with Gasteiger partial charge < -0.3 is 20.6 Å². The minimum atomic E-state index is -0.240. The number of anilines is 1. The average molecular weight is 443 g/mol. The minimum absolute atomic E-state index is 0.201. The lowest BCUT2D eigenvalue weighted by atomic mass is 10.1. The average Bonchev–Trinajstić information content (AvgIpc) is 2.81. The number of carbonyl (C=O) groups excluding carboxylic acids is 2. The molecule has 0 spiro atoms. The van der Waals surface area contributed by atoms with Crippen LogP contribution in [0, 0.1) is 0 Å². The number of unbranched alkanes of at least 4 members (excludes halogenated alkanes) is 2. The minimum Gasteiger partial charge on any atom is -0.490 e. The zero-order valence-electron chi connectivity index (χ0n) is 18.2. The SMILES string of the molecule is COCCOc1ccccc1C(=O)NCCCCCC(=O)N(N)c1ccccc1N=NN. The maximum absolute atomic E-state index is 12.4. The number of amides is 2. The van der Waals surface area contributed by atoms with Crippen LogP contribution >= 0.6 is 0 Å². The summed E-state index contributed by atoms with van der Waals surface area (Å²) >= 11 is 0. The van der Waals surface area contributed by atoms with E-state index in [0.29, 0.717) is 48.9 Å². The molecule has 0 aliphatic heterocycles. The number of hydrogen-bond donors (Lipinski definition) is 3. The number of nitrogens with zero attached hydrogens (tertiary/aromatic N) is 3. The Hall–Kier alpha value is -3.50. The van der Waals surface area contributed by atoms with Gasteiger partial charge in [-0.3, -0.25) is 9.59 Å². The summed E-state index contributed by atoms with van der Waals surface area (Å²) in [7, 11) is 1.59. The van der Waals surface area contributed by atoms with E-state index < -0.39 is 0 Å². The lowest BCUT2D eigenvalue weighted by molar-refractivity contribution is -0.118. The molecule has 2 aromatic rings. The highest BCUT2D eigenvalue weighted by molar-refractivity contribution is 5.97. The molecule has 0 fully saturated rings. The number of nitrogens with two attached hydrogens (primary N) is 2. The molecule has 172 valence electrons. The molecule has 0 saturated heterocycles. The van der Waals surface area contributed by atoms with Crippen molar-refractivity contribution in [2.24, 2.45) is 22.0 Å². The Bertz CT molecular complexity index is 905. The second kappa shape index (κ2) is 13.7. The number of nitrogens with one attached hydrogen (secondary N) is 1. The van der Waals surface area contributed by atoms with E-state index >= 15 is 0 Å². The monoisotopic (exact) mass is 442 g/mol. The van der Waals surface area contributed by atoms with Crippen molar-refractivity contribution in [1.82, 2.24) is 5.32 Å². The molecule has 0 saturated carbocycles. The maximum Gasteiger partial charge on any atom is 0.255 e. The van der Waals surface area contributed by atoms with Crippen LogP contribution in [0.2, 0.25) is 0 Å². The van der Waals surface area contributed by atoms with Crippen molar-refractivity contribution in [2.45, 2.75) is 25.7 Å². The van der Waals surface area contributed by atoms with E-state index in [-0.39, 0.29) is 18.2 Å². The van der Waals surface area contributed by atoms with Crippen LogP contribution < -0.4 is 26.7 Å². The van der Waals surface area contributed by atoms with Crippen molar-refractivity contribution in [3.05, 3.63) is 54.1 Å². The molecule has 0 bridgehead atoms. The van der Waals surface area contributed by atoms with Crippen molar-refractivity contribution < 1.29 is 19.1 Å². The molecule has 2 aromatic carbocycles. The summed E-state index contributed by atoms with van der Waals surface area (Å²) in [6.45, 7) is 1.30. The Morgan fingerprint density at radius 2 is 1.78 bits per heavy atom. The number of rotatable bonds is 13. The van der Waals surface area contributed by atoms with Gasteiger partial charge in [0.15, 0.2) is 0 Å². The Morgan fingerprint density at radius 1 is 1.03 bits per heavy atom. The molecule has 0 aliphatic rings. The normalized spacial score (nSPS) is 10.8. The molecule has 0 radical (unpaired) electrons. The molecule has 5 N–H and O–H groups in total. The van der Waals surface area contributed by atoms with Gasteiger partial charge in [0.2, 0.25) is 5.91 Å². The summed E-state index contributed by atoms with van der Waals surface area (Å²) in [5.41, 5.74) is 1.33. The number of hydrazine groups is 1. The largest absolute Gasteiger partial charge is 0.490 e. The number of carbonyl (C=O) groups is 2. The van der Waals surface area contributed by atoms with Crippen LogP contribution in [-0.2, 0) is 9.53 Å². The third-order valence-electron chi connectivity index (χ3n) is 4.61. The Kier molecular flexibility index (Phi) is 10.6. The summed E-state index contributed by atoms with van der Waals surface area (Å²) in [6, 6.07) is 13.9. The summed E-state index contributed by atoms with van der Waals surface area (Å²) in [4.78, 5) is 24.8. The van der Waals surface area contributed by atoms with Crippen molar-refractivity contribution in [2.75, 3.05) is 31.9 Å². The molecule has 0 aliphatic carbocycles. The van der Waals surface area contributed by atoms with Crippen molar-refractivity contribution >= 4 is 23.2 Å². The first-order valence-electron chi connectivity index (χ1n) is 10.3. The van der Waals surface area contributed by atoms with Crippen LogP contribution in [0.25, 0.3) is 0 Å². The predicted molar refractivity (Wildman–Crippen MR) is 121 cm³/mol. The van der Waals surface area contributed by atoms with Gasteiger partial charge in [-0.05, 0) is 37.1 Å². The van der Waals surface area contributed by atoms with Crippen molar-refractivity contribution in [3.63, 3.8) is 0 Å². The van der Waals surface area contributed by atoms with Crippen LogP contribution in [0.3, 0.4) is 0 Å². The fourth-order valence-corrected chi connectivity index (χ4v) is 2.96. The summed E-state index contributed by atoms with van der Waals surface area (Å²) in [5.74, 6) is 11.1. The number of ether oxygens (including phenoxy) is 2. The molecule has 2 rings (SSSR count). The molecule has 10 heteroatoms. The van der Waals surface area contributed by atoms with Gasteiger partial charge >= 0.3 is 0 Å². The van der Waals surface area contributed by atoms with Crippen LogP contribution in [0.4, 0.5) is 11.4 Å². The number of benzene rings is 2. The molecule has 0 atom stereocenters. The van der Waals surface area contributed by atoms with Gasteiger partial charge in [0.25, 0.3) is 5.91 Å². The molecular weight excluding hydrogens is 412 g/mol. The quantitative estimate of drug-likeness (QED) is 0.143. The van der Waals surface area contributed by atoms with Crippen LogP contribution in [-0.4, -0.2) is 38.7 Å². The molecule has 0 heterocycles. The Morgan fingerprint density at radius 3 is 2.56 bits per heavy atom.